The minimum absolute atomic E-state index is 0. The average molecular weight is 520 g/mol. The Morgan fingerprint density at radius 1 is 1.05 bits per heavy atom. The summed E-state index contributed by atoms with van der Waals surface area (Å²) in [6, 6.07) is 15.2. The number of aliphatic carboxylic acids is 1. The molecule has 0 saturated heterocycles. The molecule has 0 aliphatic heterocycles. The molecule has 0 saturated carbocycles. The number of halogens is 1. The van der Waals surface area contributed by atoms with Crippen molar-refractivity contribution in [1.29, 1.82) is 0 Å². The number of aromatic nitrogens is 2. The molecule has 0 spiro atoms. The standard InChI is InChI=1S/C27H32FN3O5.Na/c1-17(2)25-24(27(36)29-16-18-6-4-3-5-7-18)30-26(19-8-10-20(28)11-9-19)31(25)13-12-21(32)14-22(33)15-23(34)35;/h3-11,17,21-22,32-33H,12-16H2,1-2H3,(H,29,36)(H,34,35);/q;+1/p-1/t21-,22-;/m1./s1. The normalized spacial score (nSPS) is 12.6. The molecule has 0 unspecified atom stereocenters. The maximum Gasteiger partial charge on any atom is 1.00 e. The van der Waals surface area contributed by atoms with Crippen molar-refractivity contribution in [3.05, 3.63) is 77.4 Å². The molecule has 0 aliphatic carbocycles. The van der Waals surface area contributed by atoms with E-state index in [4.69, 9.17) is 0 Å². The van der Waals surface area contributed by atoms with E-state index >= 15 is 0 Å². The minimum Gasteiger partial charge on any atom is -0.550 e. The maximum absolute atomic E-state index is 13.6. The Hall–Kier alpha value is -2.56. The summed E-state index contributed by atoms with van der Waals surface area (Å²) < 4.78 is 15.4. The first-order valence-corrected chi connectivity index (χ1v) is 11.9. The summed E-state index contributed by atoms with van der Waals surface area (Å²) in [6.07, 6.45) is -2.73. The first-order valence-electron chi connectivity index (χ1n) is 11.9. The Bertz CT molecular complexity index is 1170. The number of imidazole rings is 1. The molecule has 37 heavy (non-hydrogen) atoms. The summed E-state index contributed by atoms with van der Waals surface area (Å²) >= 11 is 0. The van der Waals surface area contributed by atoms with Crippen LogP contribution in [0.2, 0.25) is 0 Å². The summed E-state index contributed by atoms with van der Waals surface area (Å²) in [5.74, 6) is -1.80. The molecule has 0 fully saturated rings. The van der Waals surface area contributed by atoms with Gasteiger partial charge in [-0.05, 0) is 48.6 Å². The number of amides is 1. The molecule has 3 rings (SSSR count). The topological polar surface area (TPSA) is 128 Å². The SMILES string of the molecule is CC(C)c1c(C(=O)NCc2ccccc2)nc(-c2ccc(F)cc2)n1CC[C@@H](O)C[C@@H](O)CC(=O)[O-].[Na+]. The van der Waals surface area contributed by atoms with Crippen molar-refractivity contribution in [3.63, 3.8) is 0 Å². The van der Waals surface area contributed by atoms with Gasteiger partial charge < -0.3 is 30.0 Å². The van der Waals surface area contributed by atoms with E-state index in [1.807, 2.05) is 48.7 Å². The average Bonchev–Trinajstić information content (AvgIpc) is 3.21. The van der Waals surface area contributed by atoms with Gasteiger partial charge in [0.2, 0.25) is 0 Å². The molecule has 2 atom stereocenters. The summed E-state index contributed by atoms with van der Waals surface area (Å²) in [4.78, 5) is 28.5. The van der Waals surface area contributed by atoms with Gasteiger partial charge in [-0.2, -0.15) is 0 Å². The molecule has 192 valence electrons. The number of benzene rings is 2. The van der Waals surface area contributed by atoms with Gasteiger partial charge in [0.25, 0.3) is 5.91 Å². The fraction of sp³-hybridized carbons (Fsp3) is 0.370. The summed E-state index contributed by atoms with van der Waals surface area (Å²) in [6.45, 7) is 4.43. The van der Waals surface area contributed by atoms with E-state index in [1.54, 1.807) is 12.1 Å². The van der Waals surface area contributed by atoms with Gasteiger partial charge in [-0.25, -0.2) is 9.37 Å². The summed E-state index contributed by atoms with van der Waals surface area (Å²) in [5, 5.41) is 33.8. The Kier molecular flexibility index (Phi) is 11.9. The molecular weight excluding hydrogens is 488 g/mol. The van der Waals surface area contributed by atoms with Crippen LogP contribution in [-0.2, 0) is 17.9 Å². The van der Waals surface area contributed by atoms with Crippen molar-refractivity contribution in [2.24, 2.45) is 0 Å². The van der Waals surface area contributed by atoms with Crippen LogP contribution in [0.3, 0.4) is 0 Å². The molecule has 0 bridgehead atoms. The van der Waals surface area contributed by atoms with Crippen LogP contribution in [0.5, 0.6) is 0 Å². The molecule has 3 N–H and O–H groups in total. The van der Waals surface area contributed by atoms with Crippen LogP contribution in [0.15, 0.2) is 54.6 Å². The van der Waals surface area contributed by atoms with Gasteiger partial charge >= 0.3 is 29.6 Å². The van der Waals surface area contributed by atoms with Crippen LogP contribution < -0.4 is 40.0 Å². The second-order valence-electron chi connectivity index (χ2n) is 9.06. The minimum atomic E-state index is -1.39. The number of hydrogen-bond donors (Lipinski definition) is 3. The number of carbonyl (C=O) groups excluding carboxylic acids is 2. The number of aliphatic hydroxyl groups excluding tert-OH is 2. The number of nitrogens with zero attached hydrogens (tertiary/aromatic N) is 2. The number of carbonyl (C=O) groups is 2. The van der Waals surface area contributed by atoms with Crippen LogP contribution in [0.25, 0.3) is 11.4 Å². The van der Waals surface area contributed by atoms with E-state index in [0.717, 1.165) is 5.56 Å². The number of carboxylic acid groups (broad SMARTS) is 1. The van der Waals surface area contributed by atoms with E-state index in [9.17, 15) is 29.3 Å². The molecule has 1 aromatic heterocycles. The largest absolute Gasteiger partial charge is 1.00 e. The first-order chi connectivity index (χ1) is 17.2. The van der Waals surface area contributed by atoms with Gasteiger partial charge in [0.15, 0.2) is 0 Å². The summed E-state index contributed by atoms with van der Waals surface area (Å²) in [5.41, 5.74) is 2.44. The van der Waals surface area contributed by atoms with Gasteiger partial charge in [-0.1, -0.05) is 44.2 Å². The van der Waals surface area contributed by atoms with Gasteiger partial charge in [-0.15, -0.1) is 0 Å². The fourth-order valence-electron chi connectivity index (χ4n) is 4.11. The van der Waals surface area contributed by atoms with Gasteiger partial charge in [0.1, 0.15) is 17.3 Å². The van der Waals surface area contributed by atoms with Crippen molar-refractivity contribution in [2.75, 3.05) is 0 Å². The van der Waals surface area contributed by atoms with Crippen LogP contribution in [0.4, 0.5) is 4.39 Å². The molecular formula is C27H31FN3NaO5. The van der Waals surface area contributed by atoms with E-state index in [-0.39, 0.29) is 66.5 Å². The van der Waals surface area contributed by atoms with Crippen LogP contribution in [0.1, 0.15) is 60.8 Å². The predicted octanol–water partition coefficient (Wildman–Crippen LogP) is -0.611. The Balaban J connectivity index is 0.00000481. The van der Waals surface area contributed by atoms with Gasteiger partial charge in [0, 0.05) is 31.0 Å². The molecule has 1 heterocycles. The molecule has 1 amide bonds. The van der Waals surface area contributed by atoms with Gasteiger partial charge in [0.05, 0.1) is 17.9 Å². The smallest absolute Gasteiger partial charge is 0.550 e. The molecule has 0 radical (unpaired) electrons. The summed E-state index contributed by atoms with van der Waals surface area (Å²) in [7, 11) is 0. The zero-order chi connectivity index (χ0) is 26.2. The Morgan fingerprint density at radius 3 is 2.30 bits per heavy atom. The van der Waals surface area contributed by atoms with Gasteiger partial charge in [-0.3, -0.25) is 4.79 Å². The third-order valence-corrected chi connectivity index (χ3v) is 5.80. The molecule has 2 aromatic carbocycles. The van der Waals surface area contributed by atoms with Crippen molar-refractivity contribution in [3.8, 4) is 11.4 Å². The fourth-order valence-corrected chi connectivity index (χ4v) is 4.11. The Labute approximate surface area is 237 Å². The monoisotopic (exact) mass is 519 g/mol. The van der Waals surface area contributed by atoms with Crippen molar-refractivity contribution in [1.82, 2.24) is 14.9 Å². The third kappa shape index (κ3) is 8.76. The second-order valence-corrected chi connectivity index (χ2v) is 9.06. The zero-order valence-electron chi connectivity index (χ0n) is 21.4. The van der Waals surface area contributed by atoms with Crippen LogP contribution in [-0.4, -0.2) is 43.8 Å². The number of carboxylic acids is 1. The second kappa shape index (κ2) is 14.4. The number of hydrogen-bond acceptors (Lipinski definition) is 6. The zero-order valence-corrected chi connectivity index (χ0v) is 23.4. The van der Waals surface area contributed by atoms with Crippen molar-refractivity contribution in [2.45, 2.75) is 64.3 Å². The number of nitrogens with one attached hydrogen (secondary N) is 1. The molecule has 3 aromatic rings. The van der Waals surface area contributed by atoms with Crippen LogP contribution in [0, 0.1) is 5.82 Å². The third-order valence-electron chi connectivity index (χ3n) is 5.80. The Morgan fingerprint density at radius 2 is 1.70 bits per heavy atom. The molecule has 0 aliphatic rings. The maximum atomic E-state index is 13.6. The molecule has 8 nitrogen and oxygen atoms in total. The predicted molar refractivity (Wildman–Crippen MR) is 130 cm³/mol. The van der Waals surface area contributed by atoms with E-state index in [0.29, 0.717) is 23.6 Å². The number of aliphatic hydroxyl groups is 2. The first kappa shape index (κ1) is 30.7. The number of rotatable bonds is 12. The van der Waals surface area contributed by atoms with Crippen molar-refractivity contribution >= 4 is 11.9 Å². The van der Waals surface area contributed by atoms with E-state index in [1.165, 1.54) is 12.1 Å². The molecule has 10 heteroatoms. The van der Waals surface area contributed by atoms with Crippen molar-refractivity contribution < 1.29 is 58.9 Å². The van der Waals surface area contributed by atoms with E-state index in [2.05, 4.69) is 10.3 Å². The van der Waals surface area contributed by atoms with Crippen LogP contribution >= 0.6 is 0 Å². The quantitative estimate of drug-likeness (QED) is 0.274. The van der Waals surface area contributed by atoms with E-state index < -0.39 is 30.4 Å².